The van der Waals surface area contributed by atoms with Crippen LogP contribution in [-0.2, 0) is 4.79 Å². The highest BCUT2D eigenvalue weighted by molar-refractivity contribution is 6.35. The molecular formula is C34H33Cl2N3O3. The van der Waals surface area contributed by atoms with Crippen molar-refractivity contribution >= 4 is 40.7 Å². The van der Waals surface area contributed by atoms with E-state index in [1.54, 1.807) is 30.3 Å². The summed E-state index contributed by atoms with van der Waals surface area (Å²) >= 11 is 12.1. The van der Waals surface area contributed by atoms with E-state index in [4.69, 9.17) is 27.9 Å². The summed E-state index contributed by atoms with van der Waals surface area (Å²) in [6.45, 7) is 3.01. The first-order valence-electron chi connectivity index (χ1n) is 14.1. The van der Waals surface area contributed by atoms with Crippen LogP contribution in [0.5, 0.6) is 5.75 Å². The molecule has 8 heteroatoms. The highest BCUT2D eigenvalue weighted by atomic mass is 35.5. The average Bonchev–Trinajstić information content (AvgIpc) is 3.02. The van der Waals surface area contributed by atoms with Crippen molar-refractivity contribution in [2.45, 2.75) is 18.9 Å². The number of carbonyl (C=O) groups is 2. The predicted octanol–water partition coefficient (Wildman–Crippen LogP) is 7.34. The maximum atomic E-state index is 13.6. The number of rotatable bonds is 10. The second kappa shape index (κ2) is 14.4. The van der Waals surface area contributed by atoms with Gasteiger partial charge in [-0.05, 0) is 47.9 Å². The number of piperazine rings is 1. The van der Waals surface area contributed by atoms with Crippen LogP contribution < -0.4 is 10.1 Å². The zero-order chi connectivity index (χ0) is 29.3. The van der Waals surface area contributed by atoms with E-state index in [1.807, 2.05) is 29.2 Å². The number of nitrogens with one attached hydrogen (secondary N) is 1. The van der Waals surface area contributed by atoms with E-state index in [1.165, 1.54) is 11.1 Å². The number of nitrogens with zero attached hydrogens (tertiary/aromatic N) is 2. The van der Waals surface area contributed by atoms with Crippen LogP contribution in [0.3, 0.4) is 0 Å². The number of ether oxygens (including phenoxy) is 1. The molecule has 4 aromatic carbocycles. The number of anilines is 1. The van der Waals surface area contributed by atoms with Crippen LogP contribution in [0.2, 0.25) is 10.0 Å². The van der Waals surface area contributed by atoms with Crippen LogP contribution in [0.25, 0.3) is 0 Å². The summed E-state index contributed by atoms with van der Waals surface area (Å²) in [4.78, 5) is 30.6. The molecule has 0 unspecified atom stereocenters. The number of amides is 2. The standard InChI is InChI=1S/C34H33Cl2N3O3/c35-27-17-18-31(29(36)24-27)42-23-9-16-32(40)37-30-15-8-7-14-28(30)34(41)39-21-19-38(20-22-39)33(25-10-3-1-4-11-25)26-12-5-2-6-13-26/h1-8,10-15,17-18,24,33H,9,16,19-23H2,(H,37,40). The lowest BCUT2D eigenvalue weighted by Crippen LogP contribution is -2.50. The molecule has 4 aromatic rings. The Labute approximate surface area is 256 Å². The minimum Gasteiger partial charge on any atom is -0.492 e. The summed E-state index contributed by atoms with van der Waals surface area (Å²) in [5.41, 5.74) is 3.48. The summed E-state index contributed by atoms with van der Waals surface area (Å²) < 4.78 is 5.68. The van der Waals surface area contributed by atoms with Gasteiger partial charge in [0.2, 0.25) is 5.91 Å². The molecule has 1 N–H and O–H groups in total. The minimum absolute atomic E-state index is 0.0813. The van der Waals surface area contributed by atoms with Crippen molar-refractivity contribution in [2.24, 2.45) is 0 Å². The molecule has 216 valence electrons. The van der Waals surface area contributed by atoms with E-state index < -0.39 is 0 Å². The maximum Gasteiger partial charge on any atom is 0.256 e. The van der Waals surface area contributed by atoms with Gasteiger partial charge in [0.25, 0.3) is 5.91 Å². The van der Waals surface area contributed by atoms with Gasteiger partial charge < -0.3 is 15.0 Å². The molecule has 0 bridgehead atoms. The molecule has 6 nitrogen and oxygen atoms in total. The van der Waals surface area contributed by atoms with Gasteiger partial charge in [0.1, 0.15) is 5.75 Å². The zero-order valence-corrected chi connectivity index (χ0v) is 24.7. The van der Waals surface area contributed by atoms with Gasteiger partial charge in [-0.15, -0.1) is 0 Å². The van der Waals surface area contributed by atoms with Crippen molar-refractivity contribution in [3.63, 3.8) is 0 Å². The summed E-state index contributed by atoms with van der Waals surface area (Å²) in [6.07, 6.45) is 0.736. The Kier molecular flexibility index (Phi) is 10.1. The first-order valence-corrected chi connectivity index (χ1v) is 14.8. The van der Waals surface area contributed by atoms with Gasteiger partial charge in [-0.3, -0.25) is 14.5 Å². The van der Waals surface area contributed by atoms with E-state index in [0.717, 1.165) is 13.1 Å². The smallest absolute Gasteiger partial charge is 0.256 e. The van der Waals surface area contributed by atoms with Crippen molar-refractivity contribution in [1.82, 2.24) is 9.80 Å². The number of para-hydroxylation sites is 1. The summed E-state index contributed by atoms with van der Waals surface area (Å²) in [7, 11) is 0. The third-order valence-electron chi connectivity index (χ3n) is 7.33. The van der Waals surface area contributed by atoms with Crippen molar-refractivity contribution in [2.75, 3.05) is 38.1 Å². The highest BCUT2D eigenvalue weighted by Gasteiger charge is 2.29. The fourth-order valence-corrected chi connectivity index (χ4v) is 5.70. The number of hydrogen-bond donors (Lipinski definition) is 1. The average molecular weight is 603 g/mol. The fourth-order valence-electron chi connectivity index (χ4n) is 5.24. The first-order chi connectivity index (χ1) is 20.5. The van der Waals surface area contributed by atoms with Gasteiger partial charge in [-0.2, -0.15) is 0 Å². The topological polar surface area (TPSA) is 61.9 Å². The molecule has 0 aromatic heterocycles. The highest BCUT2D eigenvalue weighted by Crippen LogP contribution is 2.30. The van der Waals surface area contributed by atoms with Gasteiger partial charge in [0.05, 0.1) is 28.9 Å². The van der Waals surface area contributed by atoms with Gasteiger partial charge in [-0.1, -0.05) is 96.0 Å². The van der Waals surface area contributed by atoms with Crippen LogP contribution >= 0.6 is 23.2 Å². The number of carbonyl (C=O) groups excluding carboxylic acids is 2. The second-order valence-electron chi connectivity index (χ2n) is 10.2. The van der Waals surface area contributed by atoms with E-state index in [-0.39, 0.29) is 24.3 Å². The van der Waals surface area contributed by atoms with Gasteiger partial charge in [0.15, 0.2) is 0 Å². The lowest BCUT2D eigenvalue weighted by molar-refractivity contribution is -0.116. The molecule has 2 amide bonds. The van der Waals surface area contributed by atoms with E-state index in [0.29, 0.717) is 53.2 Å². The number of hydrogen-bond acceptors (Lipinski definition) is 4. The largest absolute Gasteiger partial charge is 0.492 e. The number of halogens is 2. The lowest BCUT2D eigenvalue weighted by atomic mass is 9.96. The predicted molar refractivity (Wildman–Crippen MR) is 168 cm³/mol. The Morgan fingerprint density at radius 1 is 0.786 bits per heavy atom. The quantitative estimate of drug-likeness (QED) is 0.193. The van der Waals surface area contributed by atoms with Crippen molar-refractivity contribution in [3.8, 4) is 5.75 Å². The van der Waals surface area contributed by atoms with E-state index in [9.17, 15) is 9.59 Å². The molecule has 1 aliphatic rings. The van der Waals surface area contributed by atoms with Crippen molar-refractivity contribution < 1.29 is 14.3 Å². The maximum absolute atomic E-state index is 13.6. The molecule has 0 aliphatic carbocycles. The fraction of sp³-hybridized carbons (Fsp3) is 0.235. The molecule has 0 spiro atoms. The monoisotopic (exact) mass is 601 g/mol. The molecule has 0 atom stereocenters. The third kappa shape index (κ3) is 7.51. The Morgan fingerprint density at radius 3 is 2.05 bits per heavy atom. The SMILES string of the molecule is O=C(CCCOc1ccc(Cl)cc1Cl)Nc1ccccc1C(=O)N1CCN(C(c2ccccc2)c2ccccc2)CC1. The first kappa shape index (κ1) is 29.6. The number of benzene rings is 4. The van der Waals surface area contributed by atoms with E-state index in [2.05, 4.69) is 58.7 Å². The Morgan fingerprint density at radius 2 is 1.40 bits per heavy atom. The van der Waals surface area contributed by atoms with Gasteiger partial charge >= 0.3 is 0 Å². The van der Waals surface area contributed by atoms with Crippen LogP contribution in [0, 0.1) is 0 Å². The molecule has 0 radical (unpaired) electrons. The molecule has 1 aliphatic heterocycles. The molecule has 1 heterocycles. The Balaban J connectivity index is 1.17. The van der Waals surface area contributed by atoms with Crippen LogP contribution in [0.15, 0.2) is 103 Å². The minimum atomic E-state index is -0.181. The second-order valence-corrected chi connectivity index (χ2v) is 11.0. The van der Waals surface area contributed by atoms with E-state index >= 15 is 0 Å². The zero-order valence-electron chi connectivity index (χ0n) is 23.2. The molecule has 1 fully saturated rings. The summed E-state index contributed by atoms with van der Waals surface area (Å²) in [5.74, 6) is 0.262. The lowest BCUT2D eigenvalue weighted by Gasteiger charge is -2.40. The summed E-state index contributed by atoms with van der Waals surface area (Å²) in [6, 6.07) is 33.3. The van der Waals surface area contributed by atoms with Gasteiger partial charge in [0, 0.05) is 37.6 Å². The van der Waals surface area contributed by atoms with Crippen LogP contribution in [0.4, 0.5) is 5.69 Å². The van der Waals surface area contributed by atoms with Gasteiger partial charge in [-0.25, -0.2) is 0 Å². The third-order valence-corrected chi connectivity index (χ3v) is 7.86. The molecule has 42 heavy (non-hydrogen) atoms. The Bertz CT molecular complexity index is 1450. The van der Waals surface area contributed by atoms with Crippen LogP contribution in [0.1, 0.15) is 40.4 Å². The normalized spacial score (nSPS) is 13.6. The molecule has 0 saturated carbocycles. The van der Waals surface area contributed by atoms with Crippen molar-refractivity contribution in [3.05, 3.63) is 130 Å². The summed E-state index contributed by atoms with van der Waals surface area (Å²) in [5, 5.41) is 3.88. The Hall–Kier alpha value is -3.84. The molecule has 1 saturated heterocycles. The molecular weight excluding hydrogens is 569 g/mol. The van der Waals surface area contributed by atoms with Crippen LogP contribution in [-0.4, -0.2) is 54.4 Å². The van der Waals surface area contributed by atoms with Crippen molar-refractivity contribution in [1.29, 1.82) is 0 Å². The molecule has 5 rings (SSSR count).